The van der Waals surface area contributed by atoms with Gasteiger partial charge in [-0.3, -0.25) is 4.98 Å². The highest BCUT2D eigenvalue weighted by atomic mass is 35.5. The Morgan fingerprint density at radius 3 is 2.91 bits per heavy atom. The molecule has 3 heteroatoms. The largest absolute Gasteiger partial charge is 0.310 e. The van der Waals surface area contributed by atoms with Gasteiger partial charge in [-0.2, -0.15) is 0 Å². The minimum atomic E-state index is 0.487. The summed E-state index contributed by atoms with van der Waals surface area (Å²) in [5, 5.41) is 4.01. The molecule has 2 heterocycles. The molecular weight excluding hydrogens is 160 g/mol. The molecule has 0 radical (unpaired) electrons. The Kier molecular flexibility index (Phi) is 1.80. The zero-order valence-corrected chi connectivity index (χ0v) is 6.80. The van der Waals surface area contributed by atoms with Gasteiger partial charge in [0.2, 0.25) is 0 Å². The van der Waals surface area contributed by atoms with Crippen molar-refractivity contribution >= 4 is 11.6 Å². The molecule has 1 saturated heterocycles. The Hall–Kier alpha value is -0.600. The van der Waals surface area contributed by atoms with E-state index in [0.29, 0.717) is 6.04 Å². The lowest BCUT2D eigenvalue weighted by Gasteiger charge is -2.27. The van der Waals surface area contributed by atoms with Crippen molar-refractivity contribution in [2.75, 3.05) is 6.54 Å². The van der Waals surface area contributed by atoms with E-state index in [1.807, 2.05) is 12.3 Å². The monoisotopic (exact) mass is 168 g/mol. The van der Waals surface area contributed by atoms with Crippen LogP contribution >= 0.6 is 11.6 Å². The van der Waals surface area contributed by atoms with E-state index in [-0.39, 0.29) is 0 Å². The minimum Gasteiger partial charge on any atom is -0.310 e. The highest BCUT2D eigenvalue weighted by Crippen LogP contribution is 2.23. The Labute approximate surface area is 70.6 Å². The van der Waals surface area contributed by atoms with Crippen LogP contribution in [0.5, 0.6) is 0 Å². The molecule has 0 bridgehead atoms. The lowest BCUT2D eigenvalue weighted by molar-refractivity contribution is 0.382. The highest BCUT2D eigenvalue weighted by molar-refractivity contribution is 6.30. The molecule has 0 saturated carbocycles. The average molecular weight is 169 g/mol. The number of aromatic nitrogens is 1. The molecule has 1 N–H and O–H groups in total. The summed E-state index contributed by atoms with van der Waals surface area (Å²) < 4.78 is 0. The standard InChI is InChI=1S/C8H9ClN2/c9-7-3-6(4-10-5-7)8-1-2-11-8/h3-5,8,11H,1-2H2. The van der Waals surface area contributed by atoms with Crippen LogP contribution in [0.4, 0.5) is 0 Å². The van der Waals surface area contributed by atoms with Gasteiger partial charge in [0.15, 0.2) is 0 Å². The topological polar surface area (TPSA) is 24.9 Å². The third kappa shape index (κ3) is 1.37. The predicted molar refractivity (Wildman–Crippen MR) is 44.6 cm³/mol. The van der Waals surface area contributed by atoms with Gasteiger partial charge in [-0.1, -0.05) is 11.6 Å². The SMILES string of the molecule is Clc1cncc(C2CCN2)c1. The summed E-state index contributed by atoms with van der Waals surface area (Å²) in [6, 6.07) is 2.45. The third-order valence-electron chi connectivity index (χ3n) is 1.95. The molecule has 1 fully saturated rings. The molecule has 1 aliphatic rings. The maximum Gasteiger partial charge on any atom is 0.0592 e. The number of hydrogen-bond donors (Lipinski definition) is 1. The van der Waals surface area contributed by atoms with Gasteiger partial charge in [0, 0.05) is 18.4 Å². The zero-order valence-electron chi connectivity index (χ0n) is 6.05. The van der Waals surface area contributed by atoms with Crippen molar-refractivity contribution in [3.63, 3.8) is 0 Å². The fourth-order valence-corrected chi connectivity index (χ4v) is 1.37. The van der Waals surface area contributed by atoms with Crippen LogP contribution in [0.15, 0.2) is 18.5 Å². The van der Waals surface area contributed by atoms with E-state index in [0.717, 1.165) is 11.6 Å². The van der Waals surface area contributed by atoms with Crippen molar-refractivity contribution in [3.05, 3.63) is 29.0 Å². The second-order valence-electron chi connectivity index (χ2n) is 2.73. The van der Waals surface area contributed by atoms with Gasteiger partial charge < -0.3 is 5.32 Å². The summed E-state index contributed by atoms with van der Waals surface area (Å²) >= 11 is 5.78. The molecule has 0 aromatic carbocycles. The van der Waals surface area contributed by atoms with E-state index in [1.165, 1.54) is 12.0 Å². The number of pyridine rings is 1. The van der Waals surface area contributed by atoms with E-state index in [2.05, 4.69) is 10.3 Å². The molecule has 1 atom stereocenters. The number of hydrogen-bond acceptors (Lipinski definition) is 2. The van der Waals surface area contributed by atoms with E-state index >= 15 is 0 Å². The third-order valence-corrected chi connectivity index (χ3v) is 2.16. The Bertz CT molecular complexity index is 258. The van der Waals surface area contributed by atoms with Crippen LogP contribution in [-0.4, -0.2) is 11.5 Å². The Morgan fingerprint density at radius 2 is 2.36 bits per heavy atom. The fourth-order valence-electron chi connectivity index (χ4n) is 1.19. The minimum absolute atomic E-state index is 0.487. The lowest BCUT2D eigenvalue weighted by atomic mass is 10.0. The van der Waals surface area contributed by atoms with E-state index in [4.69, 9.17) is 11.6 Å². The normalized spacial score (nSPS) is 22.8. The first kappa shape index (κ1) is 7.07. The first-order valence-corrected chi connectivity index (χ1v) is 4.08. The summed E-state index contributed by atoms with van der Waals surface area (Å²) in [6.45, 7) is 1.11. The van der Waals surface area contributed by atoms with Crippen LogP contribution in [0.2, 0.25) is 5.02 Å². The maximum atomic E-state index is 5.78. The first-order valence-electron chi connectivity index (χ1n) is 3.70. The van der Waals surface area contributed by atoms with Gasteiger partial charge in [0.1, 0.15) is 0 Å². The van der Waals surface area contributed by atoms with Crippen molar-refractivity contribution in [2.24, 2.45) is 0 Å². The summed E-state index contributed by atoms with van der Waals surface area (Å²) in [7, 11) is 0. The zero-order chi connectivity index (χ0) is 7.68. The highest BCUT2D eigenvalue weighted by Gasteiger charge is 2.18. The molecule has 1 aromatic rings. The van der Waals surface area contributed by atoms with Crippen LogP contribution in [0.1, 0.15) is 18.0 Å². The number of nitrogens with zero attached hydrogens (tertiary/aromatic N) is 1. The summed E-state index contributed by atoms with van der Waals surface area (Å²) in [5.41, 5.74) is 1.20. The van der Waals surface area contributed by atoms with Crippen LogP contribution < -0.4 is 5.32 Å². The Morgan fingerprint density at radius 1 is 1.55 bits per heavy atom. The van der Waals surface area contributed by atoms with Crippen molar-refractivity contribution in [1.29, 1.82) is 0 Å². The second-order valence-corrected chi connectivity index (χ2v) is 3.17. The summed E-state index contributed by atoms with van der Waals surface area (Å²) in [6.07, 6.45) is 4.72. The smallest absolute Gasteiger partial charge is 0.0592 e. The van der Waals surface area contributed by atoms with Crippen LogP contribution in [0.25, 0.3) is 0 Å². The van der Waals surface area contributed by atoms with Crippen molar-refractivity contribution in [2.45, 2.75) is 12.5 Å². The molecule has 11 heavy (non-hydrogen) atoms. The van der Waals surface area contributed by atoms with Gasteiger partial charge in [-0.15, -0.1) is 0 Å². The molecule has 2 rings (SSSR count). The van der Waals surface area contributed by atoms with Gasteiger partial charge >= 0.3 is 0 Å². The first-order chi connectivity index (χ1) is 5.36. The van der Waals surface area contributed by atoms with Crippen LogP contribution in [0, 0.1) is 0 Å². The maximum absolute atomic E-state index is 5.78. The number of rotatable bonds is 1. The fraction of sp³-hybridized carbons (Fsp3) is 0.375. The van der Waals surface area contributed by atoms with Gasteiger partial charge in [-0.25, -0.2) is 0 Å². The van der Waals surface area contributed by atoms with Crippen LogP contribution in [0.3, 0.4) is 0 Å². The van der Waals surface area contributed by atoms with Crippen molar-refractivity contribution < 1.29 is 0 Å². The molecule has 1 aromatic heterocycles. The molecule has 2 nitrogen and oxygen atoms in total. The van der Waals surface area contributed by atoms with Gasteiger partial charge in [0.25, 0.3) is 0 Å². The molecule has 58 valence electrons. The number of halogens is 1. The van der Waals surface area contributed by atoms with Crippen LogP contribution in [-0.2, 0) is 0 Å². The second kappa shape index (κ2) is 2.80. The average Bonchev–Trinajstić information content (AvgIpc) is 1.83. The van der Waals surface area contributed by atoms with Gasteiger partial charge in [0.05, 0.1) is 5.02 Å². The Balaban J connectivity index is 2.23. The lowest BCUT2D eigenvalue weighted by Crippen LogP contribution is -2.34. The van der Waals surface area contributed by atoms with E-state index in [1.54, 1.807) is 6.20 Å². The van der Waals surface area contributed by atoms with Crippen molar-refractivity contribution in [3.8, 4) is 0 Å². The van der Waals surface area contributed by atoms with E-state index in [9.17, 15) is 0 Å². The molecule has 0 amide bonds. The van der Waals surface area contributed by atoms with Gasteiger partial charge in [-0.05, 0) is 24.6 Å². The molecule has 1 aliphatic heterocycles. The summed E-state index contributed by atoms with van der Waals surface area (Å²) in [4.78, 5) is 4.02. The number of nitrogens with one attached hydrogen (secondary N) is 1. The molecular formula is C8H9ClN2. The quantitative estimate of drug-likeness (QED) is 0.692. The predicted octanol–water partition coefficient (Wildman–Crippen LogP) is 1.77. The molecule has 1 unspecified atom stereocenters. The molecule has 0 spiro atoms. The van der Waals surface area contributed by atoms with E-state index < -0.39 is 0 Å². The molecule has 0 aliphatic carbocycles. The van der Waals surface area contributed by atoms with Crippen molar-refractivity contribution in [1.82, 2.24) is 10.3 Å². The summed E-state index contributed by atoms with van der Waals surface area (Å²) in [5.74, 6) is 0.